The summed E-state index contributed by atoms with van der Waals surface area (Å²) in [7, 11) is 0. The predicted octanol–water partition coefficient (Wildman–Crippen LogP) is 2.96. The Hall–Kier alpha value is -4.72. The summed E-state index contributed by atoms with van der Waals surface area (Å²) in [4.78, 5) is 35.7. The SMILES string of the molecule is N#C/C(=C/c1cc([N+](=O)[O-])cc([N+](=O)[O-])c1O)C(=O)NCCc1c[nH]c2ccccc12. The van der Waals surface area contributed by atoms with Gasteiger partial charge in [0.25, 0.3) is 11.6 Å². The standard InChI is InChI=1S/C20H15N5O6/c21-10-14(7-13-8-15(24(28)29)9-18(19(13)26)25(30)31)20(27)22-6-5-12-11-23-17-4-2-1-3-16(12)17/h1-4,7-9,11,23,26H,5-6H2,(H,22,27)/b14-7-. The second kappa shape index (κ2) is 8.75. The molecule has 1 heterocycles. The second-order valence-electron chi connectivity index (χ2n) is 6.45. The largest absolute Gasteiger partial charge is 0.502 e. The van der Waals surface area contributed by atoms with Gasteiger partial charge in [0.05, 0.1) is 15.9 Å². The molecule has 1 aromatic heterocycles. The van der Waals surface area contributed by atoms with E-state index in [1.165, 1.54) is 0 Å². The molecule has 0 bridgehead atoms. The van der Waals surface area contributed by atoms with Gasteiger partial charge < -0.3 is 15.4 Å². The van der Waals surface area contributed by atoms with Crippen molar-refractivity contribution in [1.82, 2.24) is 10.3 Å². The molecule has 0 saturated heterocycles. The zero-order valence-corrected chi connectivity index (χ0v) is 15.9. The van der Waals surface area contributed by atoms with Crippen LogP contribution in [0.1, 0.15) is 11.1 Å². The fourth-order valence-corrected chi connectivity index (χ4v) is 3.03. The number of carbonyl (C=O) groups excluding carboxylic acids is 1. The Kier molecular flexibility index (Phi) is 5.92. The Bertz CT molecular complexity index is 1270. The number of aromatic amines is 1. The third-order valence-electron chi connectivity index (χ3n) is 4.53. The molecule has 0 fully saturated rings. The number of nitriles is 1. The molecule has 0 spiro atoms. The second-order valence-corrected chi connectivity index (χ2v) is 6.45. The maximum absolute atomic E-state index is 12.4. The number of hydrogen-bond donors (Lipinski definition) is 3. The number of nitrogens with one attached hydrogen (secondary N) is 2. The van der Waals surface area contributed by atoms with Crippen molar-refractivity contribution in [2.75, 3.05) is 6.54 Å². The molecule has 3 aromatic rings. The van der Waals surface area contributed by atoms with E-state index in [1.807, 2.05) is 30.5 Å². The molecule has 0 atom stereocenters. The summed E-state index contributed by atoms with van der Waals surface area (Å²) in [6.07, 6.45) is 3.16. The third kappa shape index (κ3) is 4.48. The number of nitro benzene ring substituents is 2. The number of phenolic OH excluding ortho intramolecular Hbond substituents is 1. The first-order valence-electron chi connectivity index (χ1n) is 8.92. The molecule has 0 aliphatic rings. The Morgan fingerprint density at radius 1 is 1.23 bits per heavy atom. The van der Waals surface area contributed by atoms with E-state index in [0.717, 1.165) is 28.6 Å². The summed E-state index contributed by atoms with van der Waals surface area (Å²) in [6, 6.07) is 10.7. The number of rotatable bonds is 7. The summed E-state index contributed by atoms with van der Waals surface area (Å²) in [5, 5.41) is 44.9. The van der Waals surface area contributed by atoms with Crippen LogP contribution in [-0.4, -0.2) is 32.4 Å². The van der Waals surface area contributed by atoms with E-state index in [0.29, 0.717) is 12.5 Å². The summed E-state index contributed by atoms with van der Waals surface area (Å²) >= 11 is 0. The average Bonchev–Trinajstić information content (AvgIpc) is 3.15. The molecule has 3 N–H and O–H groups in total. The molecule has 0 aliphatic carbocycles. The molecular weight excluding hydrogens is 406 g/mol. The highest BCUT2D eigenvalue weighted by atomic mass is 16.6. The van der Waals surface area contributed by atoms with Crippen LogP contribution < -0.4 is 5.32 Å². The predicted molar refractivity (Wildman–Crippen MR) is 110 cm³/mol. The third-order valence-corrected chi connectivity index (χ3v) is 4.53. The topological polar surface area (TPSA) is 175 Å². The van der Waals surface area contributed by atoms with E-state index >= 15 is 0 Å². The lowest BCUT2D eigenvalue weighted by atomic mass is 10.1. The summed E-state index contributed by atoms with van der Waals surface area (Å²) in [5.74, 6) is -1.66. The molecule has 31 heavy (non-hydrogen) atoms. The lowest BCUT2D eigenvalue weighted by Gasteiger charge is -2.05. The quantitative estimate of drug-likeness (QED) is 0.227. The summed E-state index contributed by atoms with van der Waals surface area (Å²) in [6.45, 7) is 0.195. The van der Waals surface area contributed by atoms with Gasteiger partial charge in [-0.25, -0.2) is 0 Å². The van der Waals surface area contributed by atoms with Crippen molar-refractivity contribution < 1.29 is 19.7 Å². The van der Waals surface area contributed by atoms with Crippen LogP contribution in [0.5, 0.6) is 5.75 Å². The monoisotopic (exact) mass is 421 g/mol. The van der Waals surface area contributed by atoms with Crippen molar-refractivity contribution in [3.05, 3.63) is 79.5 Å². The molecular formula is C20H15N5O6. The van der Waals surface area contributed by atoms with Crippen molar-refractivity contribution in [1.29, 1.82) is 5.26 Å². The number of aromatic hydroxyl groups is 1. The maximum atomic E-state index is 12.4. The first-order chi connectivity index (χ1) is 14.8. The Morgan fingerprint density at radius 2 is 1.97 bits per heavy atom. The Balaban J connectivity index is 1.79. The number of fused-ring (bicyclic) bond motifs is 1. The number of para-hydroxylation sites is 1. The zero-order chi connectivity index (χ0) is 22.5. The molecule has 11 heteroatoms. The molecule has 0 aliphatic heterocycles. The molecule has 156 valence electrons. The van der Waals surface area contributed by atoms with E-state index in [1.54, 1.807) is 6.07 Å². The van der Waals surface area contributed by atoms with Gasteiger partial charge in [-0.05, 0) is 24.1 Å². The van der Waals surface area contributed by atoms with E-state index < -0.39 is 38.5 Å². The van der Waals surface area contributed by atoms with E-state index in [-0.39, 0.29) is 12.1 Å². The smallest absolute Gasteiger partial charge is 0.318 e. The number of non-ortho nitro benzene ring substituents is 1. The van der Waals surface area contributed by atoms with Crippen LogP contribution in [0, 0.1) is 31.6 Å². The van der Waals surface area contributed by atoms with Gasteiger partial charge >= 0.3 is 5.69 Å². The number of amides is 1. The van der Waals surface area contributed by atoms with E-state index in [9.17, 15) is 35.4 Å². The van der Waals surface area contributed by atoms with Gasteiger partial charge in [0.1, 0.15) is 11.6 Å². The van der Waals surface area contributed by atoms with E-state index in [2.05, 4.69) is 10.3 Å². The minimum Gasteiger partial charge on any atom is -0.502 e. The highest BCUT2D eigenvalue weighted by molar-refractivity contribution is 6.02. The molecule has 11 nitrogen and oxygen atoms in total. The van der Waals surface area contributed by atoms with Crippen molar-refractivity contribution in [2.24, 2.45) is 0 Å². The number of carbonyl (C=O) groups is 1. The van der Waals surface area contributed by atoms with Crippen LogP contribution in [0.25, 0.3) is 17.0 Å². The number of aromatic nitrogens is 1. The van der Waals surface area contributed by atoms with Crippen LogP contribution in [0.3, 0.4) is 0 Å². The molecule has 3 rings (SSSR count). The molecule has 2 aromatic carbocycles. The van der Waals surface area contributed by atoms with Crippen molar-refractivity contribution in [3.8, 4) is 11.8 Å². The average molecular weight is 421 g/mol. The first kappa shape index (κ1) is 21.0. The summed E-state index contributed by atoms with van der Waals surface area (Å²) < 4.78 is 0. The number of phenols is 1. The van der Waals surface area contributed by atoms with Gasteiger partial charge in [0.2, 0.25) is 5.75 Å². The van der Waals surface area contributed by atoms with Gasteiger partial charge in [0, 0.05) is 35.3 Å². The minimum absolute atomic E-state index is 0.195. The number of nitrogens with zero attached hydrogens (tertiary/aromatic N) is 3. The molecule has 0 saturated carbocycles. The van der Waals surface area contributed by atoms with Gasteiger partial charge in [-0.15, -0.1) is 0 Å². The van der Waals surface area contributed by atoms with Gasteiger partial charge in [0.15, 0.2) is 0 Å². The fraction of sp³-hybridized carbons (Fsp3) is 0.100. The highest BCUT2D eigenvalue weighted by Crippen LogP contribution is 2.35. The summed E-state index contributed by atoms with van der Waals surface area (Å²) in [5.41, 5.74) is -0.506. The van der Waals surface area contributed by atoms with Crippen LogP contribution in [0.4, 0.5) is 11.4 Å². The minimum atomic E-state index is -0.993. The number of benzene rings is 2. The van der Waals surface area contributed by atoms with Gasteiger partial charge in [-0.2, -0.15) is 5.26 Å². The van der Waals surface area contributed by atoms with E-state index in [4.69, 9.17) is 0 Å². The molecule has 0 radical (unpaired) electrons. The zero-order valence-electron chi connectivity index (χ0n) is 15.9. The molecule has 1 amide bonds. The lowest BCUT2D eigenvalue weighted by Crippen LogP contribution is -2.26. The maximum Gasteiger partial charge on any atom is 0.318 e. The Morgan fingerprint density at radius 3 is 2.65 bits per heavy atom. The fourth-order valence-electron chi connectivity index (χ4n) is 3.03. The van der Waals surface area contributed by atoms with Crippen molar-refractivity contribution >= 4 is 34.3 Å². The van der Waals surface area contributed by atoms with Crippen molar-refractivity contribution in [2.45, 2.75) is 6.42 Å². The van der Waals surface area contributed by atoms with Gasteiger partial charge in [-0.1, -0.05) is 18.2 Å². The number of hydrogen-bond acceptors (Lipinski definition) is 7. The highest BCUT2D eigenvalue weighted by Gasteiger charge is 2.24. The van der Waals surface area contributed by atoms with Crippen LogP contribution in [-0.2, 0) is 11.2 Å². The number of nitro groups is 2. The van der Waals surface area contributed by atoms with Crippen molar-refractivity contribution in [3.63, 3.8) is 0 Å². The lowest BCUT2D eigenvalue weighted by molar-refractivity contribution is -0.394. The van der Waals surface area contributed by atoms with Crippen LogP contribution in [0.2, 0.25) is 0 Å². The first-order valence-corrected chi connectivity index (χ1v) is 8.92. The molecule has 0 unspecified atom stereocenters. The van der Waals surface area contributed by atoms with Gasteiger partial charge in [-0.3, -0.25) is 25.0 Å². The van der Waals surface area contributed by atoms with Crippen LogP contribution >= 0.6 is 0 Å². The normalized spacial score (nSPS) is 11.1. The Labute approximate surface area is 174 Å². The number of H-pyrrole nitrogens is 1. The van der Waals surface area contributed by atoms with Crippen LogP contribution in [0.15, 0.2) is 48.2 Å².